The van der Waals surface area contributed by atoms with Crippen LogP contribution in [0.4, 0.5) is 11.4 Å². The Bertz CT molecular complexity index is 1020. The molecule has 0 aromatic heterocycles. The third-order valence-corrected chi connectivity index (χ3v) is 6.00. The summed E-state index contributed by atoms with van der Waals surface area (Å²) >= 11 is -1.74. The van der Waals surface area contributed by atoms with Crippen molar-refractivity contribution in [2.45, 2.75) is 38.5 Å². The largest absolute Gasteiger partial charge is 0.496 e. The molecule has 158 valence electrons. The molecular weight excluding hydrogens is 400 g/mol. The van der Waals surface area contributed by atoms with Crippen molar-refractivity contribution in [1.29, 1.82) is 0 Å². The molecule has 0 fully saturated rings. The number of ether oxygens (including phenoxy) is 2. The van der Waals surface area contributed by atoms with Gasteiger partial charge in [0, 0.05) is 12.5 Å². The Hall–Kier alpha value is -2.87. The van der Waals surface area contributed by atoms with E-state index in [1.165, 1.54) is 6.07 Å². The summed E-state index contributed by atoms with van der Waals surface area (Å²) in [5.41, 5.74) is 2.86. The van der Waals surface area contributed by atoms with Crippen LogP contribution in [0, 0.1) is 26.0 Å². The van der Waals surface area contributed by atoms with Gasteiger partial charge in [-0.3, -0.25) is 13.9 Å². The van der Waals surface area contributed by atoms with E-state index in [4.69, 9.17) is 26.8 Å². The number of methoxy groups -OCH3 is 2. The van der Waals surface area contributed by atoms with Gasteiger partial charge in [0.25, 0.3) is 0 Å². The van der Waals surface area contributed by atoms with Crippen LogP contribution in [-0.2, 0) is 21.7 Å². The van der Waals surface area contributed by atoms with Gasteiger partial charge in [0.05, 0.1) is 38.9 Å². The minimum atomic E-state index is -1.74. The van der Waals surface area contributed by atoms with Crippen LogP contribution in [0.3, 0.4) is 0 Å². The van der Waals surface area contributed by atoms with Crippen molar-refractivity contribution >= 4 is 22.5 Å². The summed E-state index contributed by atoms with van der Waals surface area (Å²) in [6.45, 7) is 21.1. The first kappa shape index (κ1) is 23.4. The minimum absolute atomic E-state index is 0.169. The average Bonchev–Trinajstić information content (AvgIpc) is 2.76. The molecule has 2 rings (SSSR count). The van der Waals surface area contributed by atoms with Crippen molar-refractivity contribution in [2.75, 3.05) is 20.8 Å². The van der Waals surface area contributed by atoms with Crippen molar-refractivity contribution in [3.8, 4) is 11.5 Å². The maximum Gasteiger partial charge on any atom is 0.195 e. The molecular formula is C23H26N2O4S. The van der Waals surface area contributed by atoms with Crippen molar-refractivity contribution < 1.29 is 17.9 Å². The molecule has 0 aliphatic rings. The van der Waals surface area contributed by atoms with Crippen molar-refractivity contribution in [1.82, 2.24) is 0 Å². The van der Waals surface area contributed by atoms with Crippen LogP contribution in [0.5, 0.6) is 11.5 Å². The second-order valence-corrected chi connectivity index (χ2v) is 8.16. The first-order valence-corrected chi connectivity index (χ1v) is 10.6. The molecule has 0 heterocycles. The molecule has 6 nitrogen and oxygen atoms in total. The van der Waals surface area contributed by atoms with Crippen molar-refractivity contribution in [3.05, 3.63) is 63.8 Å². The van der Waals surface area contributed by atoms with Gasteiger partial charge >= 0.3 is 0 Å². The Labute approximate surface area is 181 Å². The molecule has 0 N–H and O–H groups in total. The zero-order valence-corrected chi connectivity index (χ0v) is 18.8. The number of hydrogen-bond acceptors (Lipinski definition) is 4. The number of hydrogen-bond donors (Lipinski definition) is 0. The lowest BCUT2D eigenvalue weighted by Crippen LogP contribution is -2.09. The van der Waals surface area contributed by atoms with E-state index in [1.54, 1.807) is 20.3 Å². The molecule has 0 bridgehead atoms. The van der Waals surface area contributed by atoms with Crippen LogP contribution in [0.2, 0.25) is 0 Å². The summed E-state index contributed by atoms with van der Waals surface area (Å²) in [6, 6.07) is 6.89. The molecule has 2 aromatic carbocycles. The van der Waals surface area contributed by atoms with Crippen LogP contribution < -0.4 is 9.47 Å². The highest BCUT2D eigenvalue weighted by Crippen LogP contribution is 2.37. The van der Waals surface area contributed by atoms with Gasteiger partial charge in [-0.1, -0.05) is 26.3 Å². The maximum atomic E-state index is 12.9. The number of rotatable bonds is 9. The van der Waals surface area contributed by atoms with Crippen LogP contribution >= 0.6 is 0 Å². The molecule has 0 saturated heterocycles. The van der Waals surface area contributed by atoms with Gasteiger partial charge in [-0.05, 0) is 41.7 Å². The summed E-state index contributed by atoms with van der Waals surface area (Å²) in [5, 5.41) is 0. The highest BCUT2D eigenvalue weighted by Gasteiger charge is 2.19. The van der Waals surface area contributed by atoms with E-state index in [0.717, 1.165) is 17.5 Å². The Kier molecular flexibility index (Phi) is 8.41. The molecule has 30 heavy (non-hydrogen) atoms. The lowest BCUT2D eigenvalue weighted by molar-refractivity contribution is 0.280. The summed E-state index contributed by atoms with van der Waals surface area (Å²) in [7, 11) is 3.18. The SMILES string of the molecule is [C-]#[N+]c1cc(Cc2cc(C)c(OC)cc2OC)c(S(=O)OCC(C)CC)cc1[N+]#[C-]. The summed E-state index contributed by atoms with van der Waals surface area (Å²) in [4.78, 5) is 7.29. The Morgan fingerprint density at radius 1 is 1.00 bits per heavy atom. The van der Waals surface area contributed by atoms with Gasteiger partial charge < -0.3 is 9.47 Å². The Balaban J connectivity index is 2.53. The first-order valence-electron chi connectivity index (χ1n) is 9.56. The van der Waals surface area contributed by atoms with Crippen LogP contribution in [0.1, 0.15) is 37.0 Å². The minimum Gasteiger partial charge on any atom is -0.496 e. The molecule has 0 spiro atoms. The van der Waals surface area contributed by atoms with Crippen molar-refractivity contribution in [3.63, 3.8) is 0 Å². The predicted molar refractivity (Wildman–Crippen MR) is 118 cm³/mol. The average molecular weight is 427 g/mol. The maximum absolute atomic E-state index is 12.9. The van der Waals surface area contributed by atoms with E-state index in [-0.39, 0.29) is 17.3 Å². The zero-order chi connectivity index (χ0) is 22.3. The molecule has 0 aliphatic heterocycles. The van der Waals surface area contributed by atoms with Gasteiger partial charge in [-0.15, -0.1) is 0 Å². The molecule has 2 aromatic rings. The number of nitrogens with zero attached hydrogens (tertiary/aromatic N) is 2. The molecule has 0 radical (unpaired) electrons. The van der Waals surface area contributed by atoms with Gasteiger partial charge in [-0.2, -0.15) is 0 Å². The van der Waals surface area contributed by atoms with Gasteiger partial charge in [0.15, 0.2) is 22.5 Å². The van der Waals surface area contributed by atoms with Crippen LogP contribution in [0.25, 0.3) is 9.69 Å². The van der Waals surface area contributed by atoms with E-state index in [2.05, 4.69) is 9.69 Å². The van der Waals surface area contributed by atoms with Gasteiger partial charge in [0.2, 0.25) is 0 Å². The van der Waals surface area contributed by atoms with E-state index < -0.39 is 11.1 Å². The summed E-state index contributed by atoms with van der Waals surface area (Å²) in [6.07, 6.45) is 1.29. The van der Waals surface area contributed by atoms with Gasteiger partial charge in [0.1, 0.15) is 11.5 Å². The lowest BCUT2D eigenvalue weighted by Gasteiger charge is -2.16. The normalized spacial score (nSPS) is 12.5. The Morgan fingerprint density at radius 3 is 2.20 bits per heavy atom. The van der Waals surface area contributed by atoms with Crippen LogP contribution in [0.15, 0.2) is 29.2 Å². The second-order valence-electron chi connectivity index (χ2n) is 7.02. The standard InChI is InChI=1S/C23H26N2O4S/c1-8-15(2)14-29-30(26)23-12-20(25-5)19(24-4)11-18(23)10-17-9-16(3)21(27-6)13-22(17)28-7/h9,11-13,15H,8,10,14H2,1-3,6-7H3. The number of aryl methyl sites for hydroxylation is 1. The fraction of sp³-hybridized carbons (Fsp3) is 0.391. The van der Waals surface area contributed by atoms with Crippen molar-refractivity contribution in [2.24, 2.45) is 5.92 Å². The highest BCUT2D eigenvalue weighted by atomic mass is 32.2. The molecule has 0 saturated carbocycles. The summed E-state index contributed by atoms with van der Waals surface area (Å²) in [5.74, 6) is 1.61. The predicted octanol–water partition coefficient (Wildman–Crippen LogP) is 5.79. The smallest absolute Gasteiger partial charge is 0.195 e. The zero-order valence-electron chi connectivity index (χ0n) is 17.9. The number of benzene rings is 2. The van der Waals surface area contributed by atoms with E-state index >= 15 is 0 Å². The fourth-order valence-corrected chi connectivity index (χ4v) is 3.95. The second kappa shape index (κ2) is 10.8. The lowest BCUT2D eigenvalue weighted by atomic mass is 10.0. The molecule has 2 atom stereocenters. The fourth-order valence-electron chi connectivity index (χ4n) is 2.92. The first-order chi connectivity index (χ1) is 14.4. The molecule has 7 heteroatoms. The summed E-state index contributed by atoms with van der Waals surface area (Å²) < 4.78 is 29.4. The Morgan fingerprint density at radius 2 is 1.63 bits per heavy atom. The topological polar surface area (TPSA) is 53.5 Å². The van der Waals surface area contributed by atoms with E-state index in [0.29, 0.717) is 35.0 Å². The monoisotopic (exact) mass is 426 g/mol. The molecule has 0 amide bonds. The third kappa shape index (κ3) is 5.38. The highest BCUT2D eigenvalue weighted by molar-refractivity contribution is 7.80. The van der Waals surface area contributed by atoms with E-state index in [1.807, 2.05) is 32.9 Å². The molecule has 2 unspecified atom stereocenters. The quantitative estimate of drug-likeness (QED) is 0.476. The van der Waals surface area contributed by atoms with Gasteiger partial charge in [-0.25, -0.2) is 4.21 Å². The van der Waals surface area contributed by atoms with Crippen LogP contribution in [-0.4, -0.2) is 25.0 Å². The van der Waals surface area contributed by atoms with E-state index in [9.17, 15) is 4.21 Å². The third-order valence-electron chi connectivity index (χ3n) is 4.91. The molecule has 0 aliphatic carbocycles.